The molecule has 0 aliphatic carbocycles. The molecule has 130 valence electrons. The lowest BCUT2D eigenvalue weighted by Gasteiger charge is -2.33. The molecule has 0 radical (unpaired) electrons. The zero-order valence-electron chi connectivity index (χ0n) is 14.7. The molecule has 0 spiro atoms. The molecule has 0 atom stereocenters. The lowest BCUT2D eigenvalue weighted by Crippen LogP contribution is -2.48. The second kappa shape index (κ2) is 9.78. The van der Waals surface area contributed by atoms with E-state index in [1.807, 2.05) is 11.3 Å². The molecule has 2 heterocycles. The highest BCUT2D eigenvalue weighted by molar-refractivity contribution is 7.14. The average Bonchev–Trinajstić information content (AvgIpc) is 3.06. The van der Waals surface area contributed by atoms with Crippen LogP contribution in [0.2, 0.25) is 0 Å². The Morgan fingerprint density at radius 3 is 2.78 bits per heavy atom. The number of piperidine rings is 1. The van der Waals surface area contributed by atoms with Gasteiger partial charge in [0.25, 0.3) is 0 Å². The van der Waals surface area contributed by atoms with Crippen LogP contribution < -0.4 is 15.5 Å². The molecule has 1 aliphatic rings. The van der Waals surface area contributed by atoms with E-state index in [-0.39, 0.29) is 0 Å². The van der Waals surface area contributed by atoms with E-state index in [1.54, 1.807) is 0 Å². The van der Waals surface area contributed by atoms with E-state index in [2.05, 4.69) is 59.0 Å². The molecular formula is C17H31N5S. The van der Waals surface area contributed by atoms with Crippen LogP contribution in [-0.4, -0.2) is 63.7 Å². The summed E-state index contributed by atoms with van der Waals surface area (Å²) in [7, 11) is 4.21. The first kappa shape index (κ1) is 18.1. The van der Waals surface area contributed by atoms with Crippen LogP contribution in [0.3, 0.4) is 0 Å². The van der Waals surface area contributed by atoms with Gasteiger partial charge < -0.3 is 20.4 Å². The van der Waals surface area contributed by atoms with Gasteiger partial charge in [0, 0.05) is 32.2 Å². The van der Waals surface area contributed by atoms with Gasteiger partial charge in [-0.1, -0.05) is 0 Å². The number of nitrogens with one attached hydrogen (secondary N) is 2. The molecule has 0 unspecified atom stereocenters. The summed E-state index contributed by atoms with van der Waals surface area (Å²) >= 11 is 1.83. The van der Waals surface area contributed by atoms with Gasteiger partial charge in [0.2, 0.25) is 0 Å². The van der Waals surface area contributed by atoms with Gasteiger partial charge in [-0.2, -0.15) is 0 Å². The van der Waals surface area contributed by atoms with Crippen LogP contribution in [0.15, 0.2) is 22.5 Å². The Morgan fingerprint density at radius 2 is 2.17 bits per heavy atom. The lowest BCUT2D eigenvalue weighted by atomic mass is 10.1. The van der Waals surface area contributed by atoms with Gasteiger partial charge >= 0.3 is 0 Å². The topological polar surface area (TPSA) is 42.9 Å². The van der Waals surface area contributed by atoms with Crippen molar-refractivity contribution >= 4 is 22.3 Å². The SMILES string of the molecule is CCNC(=NCCCN(C)C)NC1CCN(c2cccs2)CC1. The normalized spacial score (nSPS) is 16.9. The molecular weight excluding hydrogens is 306 g/mol. The van der Waals surface area contributed by atoms with Crippen LogP contribution in [0.5, 0.6) is 0 Å². The molecule has 2 rings (SSSR count). The average molecular weight is 338 g/mol. The number of guanidine groups is 1. The van der Waals surface area contributed by atoms with Crippen molar-refractivity contribution in [2.75, 3.05) is 51.7 Å². The zero-order chi connectivity index (χ0) is 16.5. The van der Waals surface area contributed by atoms with Crippen molar-refractivity contribution in [1.82, 2.24) is 15.5 Å². The number of aliphatic imine (C=N–C) groups is 1. The van der Waals surface area contributed by atoms with E-state index in [1.165, 1.54) is 17.8 Å². The van der Waals surface area contributed by atoms with Crippen molar-refractivity contribution in [3.8, 4) is 0 Å². The zero-order valence-corrected chi connectivity index (χ0v) is 15.5. The molecule has 0 saturated carbocycles. The monoisotopic (exact) mass is 337 g/mol. The summed E-state index contributed by atoms with van der Waals surface area (Å²) in [4.78, 5) is 9.40. The van der Waals surface area contributed by atoms with Crippen molar-refractivity contribution in [2.24, 2.45) is 4.99 Å². The summed E-state index contributed by atoms with van der Waals surface area (Å²) in [6.45, 7) is 7.24. The maximum Gasteiger partial charge on any atom is 0.191 e. The molecule has 1 aliphatic heterocycles. The Labute approximate surface area is 144 Å². The van der Waals surface area contributed by atoms with Crippen molar-refractivity contribution in [2.45, 2.75) is 32.2 Å². The third-order valence-corrected chi connectivity index (χ3v) is 4.96. The maximum absolute atomic E-state index is 4.70. The first-order chi connectivity index (χ1) is 11.2. The van der Waals surface area contributed by atoms with Crippen molar-refractivity contribution in [3.63, 3.8) is 0 Å². The number of hydrogen-bond acceptors (Lipinski definition) is 4. The second-order valence-electron chi connectivity index (χ2n) is 6.27. The van der Waals surface area contributed by atoms with E-state index in [0.29, 0.717) is 6.04 Å². The van der Waals surface area contributed by atoms with E-state index in [4.69, 9.17) is 4.99 Å². The van der Waals surface area contributed by atoms with Crippen molar-refractivity contribution in [1.29, 1.82) is 0 Å². The largest absolute Gasteiger partial charge is 0.363 e. The summed E-state index contributed by atoms with van der Waals surface area (Å²) in [5.41, 5.74) is 0. The molecule has 0 amide bonds. The number of rotatable bonds is 7. The summed E-state index contributed by atoms with van der Waals surface area (Å²) in [5.74, 6) is 0.973. The predicted octanol–water partition coefficient (Wildman–Crippen LogP) is 2.22. The molecule has 0 bridgehead atoms. The molecule has 1 aromatic heterocycles. The smallest absolute Gasteiger partial charge is 0.191 e. The number of nitrogens with zero attached hydrogens (tertiary/aromatic N) is 3. The van der Waals surface area contributed by atoms with E-state index in [9.17, 15) is 0 Å². The first-order valence-electron chi connectivity index (χ1n) is 8.67. The van der Waals surface area contributed by atoms with Crippen LogP contribution in [0.1, 0.15) is 26.2 Å². The van der Waals surface area contributed by atoms with Crippen LogP contribution in [0.4, 0.5) is 5.00 Å². The molecule has 5 nitrogen and oxygen atoms in total. The summed E-state index contributed by atoms with van der Waals surface area (Å²) in [6, 6.07) is 4.88. The first-order valence-corrected chi connectivity index (χ1v) is 9.55. The Hall–Kier alpha value is -1.27. The highest BCUT2D eigenvalue weighted by atomic mass is 32.1. The second-order valence-corrected chi connectivity index (χ2v) is 7.20. The Kier molecular flexibility index (Phi) is 7.68. The van der Waals surface area contributed by atoms with Crippen LogP contribution >= 0.6 is 11.3 Å². The van der Waals surface area contributed by atoms with Crippen molar-refractivity contribution < 1.29 is 0 Å². The van der Waals surface area contributed by atoms with Gasteiger partial charge in [-0.05, 0) is 64.3 Å². The molecule has 1 aromatic rings. The Bertz CT molecular complexity index is 450. The minimum absolute atomic E-state index is 0.526. The van der Waals surface area contributed by atoms with E-state index in [0.717, 1.165) is 45.1 Å². The third kappa shape index (κ3) is 6.39. The van der Waals surface area contributed by atoms with E-state index >= 15 is 0 Å². The van der Waals surface area contributed by atoms with Gasteiger partial charge in [-0.25, -0.2) is 0 Å². The number of anilines is 1. The van der Waals surface area contributed by atoms with Crippen LogP contribution in [0, 0.1) is 0 Å². The Balaban J connectivity index is 1.76. The van der Waals surface area contributed by atoms with Gasteiger partial charge in [0.05, 0.1) is 5.00 Å². The molecule has 1 fully saturated rings. The predicted molar refractivity (Wildman–Crippen MR) is 102 cm³/mol. The maximum atomic E-state index is 4.70. The highest BCUT2D eigenvalue weighted by Gasteiger charge is 2.20. The van der Waals surface area contributed by atoms with Crippen LogP contribution in [0.25, 0.3) is 0 Å². The molecule has 2 N–H and O–H groups in total. The molecule has 23 heavy (non-hydrogen) atoms. The van der Waals surface area contributed by atoms with Gasteiger partial charge in [0.15, 0.2) is 5.96 Å². The Morgan fingerprint density at radius 1 is 1.39 bits per heavy atom. The minimum atomic E-state index is 0.526. The van der Waals surface area contributed by atoms with Gasteiger partial charge in [-0.15, -0.1) is 11.3 Å². The summed E-state index contributed by atoms with van der Waals surface area (Å²) in [6.07, 6.45) is 3.43. The van der Waals surface area contributed by atoms with Crippen LogP contribution in [-0.2, 0) is 0 Å². The number of hydrogen-bond donors (Lipinski definition) is 2. The molecule has 6 heteroatoms. The van der Waals surface area contributed by atoms with Gasteiger partial charge in [0.1, 0.15) is 0 Å². The minimum Gasteiger partial charge on any atom is -0.363 e. The fourth-order valence-electron chi connectivity index (χ4n) is 2.79. The fraction of sp³-hybridized carbons (Fsp3) is 0.706. The quantitative estimate of drug-likeness (QED) is 0.455. The third-order valence-electron chi connectivity index (χ3n) is 4.03. The fourth-order valence-corrected chi connectivity index (χ4v) is 3.57. The van der Waals surface area contributed by atoms with E-state index < -0.39 is 0 Å². The summed E-state index contributed by atoms with van der Waals surface area (Å²) < 4.78 is 0. The summed E-state index contributed by atoms with van der Waals surface area (Å²) in [5, 5.41) is 10.5. The standard InChI is InChI=1S/C17H31N5S/c1-4-18-17(19-10-6-11-21(2)3)20-15-8-12-22(13-9-15)16-7-5-14-23-16/h5,7,14-15H,4,6,8-13H2,1-3H3,(H2,18,19,20). The molecule has 0 aromatic carbocycles. The van der Waals surface area contributed by atoms with Crippen molar-refractivity contribution in [3.05, 3.63) is 17.5 Å². The highest BCUT2D eigenvalue weighted by Crippen LogP contribution is 2.24. The van der Waals surface area contributed by atoms with Gasteiger partial charge in [-0.3, -0.25) is 4.99 Å². The number of thiophene rings is 1. The molecule has 1 saturated heterocycles. The lowest BCUT2D eigenvalue weighted by molar-refractivity contribution is 0.402.